The van der Waals surface area contributed by atoms with Gasteiger partial charge in [0.2, 0.25) is 0 Å². The van der Waals surface area contributed by atoms with Gasteiger partial charge < -0.3 is 0 Å². The second-order valence-electron chi connectivity index (χ2n) is 4.15. The Balaban J connectivity index is 2.09. The van der Waals surface area contributed by atoms with E-state index in [-0.39, 0.29) is 0 Å². The molecule has 1 aromatic carbocycles. The number of pyridine rings is 1. The van der Waals surface area contributed by atoms with Gasteiger partial charge in [-0.2, -0.15) is 10.4 Å². The minimum Gasteiger partial charge on any atom is -0.263 e. The van der Waals surface area contributed by atoms with Crippen LogP contribution < -0.4 is 0 Å². The number of para-hydroxylation sites is 1. The van der Waals surface area contributed by atoms with Crippen LogP contribution in [-0.2, 0) is 6.54 Å². The van der Waals surface area contributed by atoms with Crippen molar-refractivity contribution in [2.24, 2.45) is 0 Å². The average molecular weight is 269 g/mol. The van der Waals surface area contributed by atoms with Crippen molar-refractivity contribution in [2.45, 2.75) is 6.54 Å². The van der Waals surface area contributed by atoms with Crippen LogP contribution >= 0.6 is 11.6 Å². The van der Waals surface area contributed by atoms with Gasteiger partial charge in [0, 0.05) is 17.8 Å². The van der Waals surface area contributed by atoms with Crippen LogP contribution in [0.3, 0.4) is 0 Å². The molecule has 0 fully saturated rings. The van der Waals surface area contributed by atoms with Crippen molar-refractivity contribution in [1.29, 1.82) is 5.26 Å². The molecular formula is C14H9ClN4. The maximum atomic E-state index is 9.10. The van der Waals surface area contributed by atoms with Crippen molar-refractivity contribution >= 4 is 22.5 Å². The van der Waals surface area contributed by atoms with E-state index in [2.05, 4.69) is 16.2 Å². The predicted octanol–water partition coefficient (Wildman–Crippen LogP) is 3.00. The van der Waals surface area contributed by atoms with Crippen LogP contribution in [-0.4, -0.2) is 14.8 Å². The minimum atomic E-state index is 0.436. The van der Waals surface area contributed by atoms with Crippen molar-refractivity contribution in [3.63, 3.8) is 0 Å². The minimum absolute atomic E-state index is 0.436. The van der Waals surface area contributed by atoms with Crippen LogP contribution in [0, 0.1) is 11.3 Å². The number of halogens is 1. The third-order valence-electron chi connectivity index (χ3n) is 2.86. The first kappa shape index (κ1) is 11.7. The molecule has 19 heavy (non-hydrogen) atoms. The molecule has 3 aromatic rings. The van der Waals surface area contributed by atoms with E-state index < -0.39 is 0 Å². The maximum absolute atomic E-state index is 9.10. The molecule has 0 N–H and O–H groups in total. The number of hydrogen-bond donors (Lipinski definition) is 0. The molecule has 0 saturated carbocycles. The van der Waals surface area contributed by atoms with E-state index in [1.807, 2.05) is 30.3 Å². The lowest BCUT2D eigenvalue weighted by molar-refractivity contribution is 0.706. The zero-order valence-electron chi connectivity index (χ0n) is 9.92. The number of hydrogen-bond acceptors (Lipinski definition) is 3. The SMILES string of the molecule is N#Cc1nn(Cc2cncc(Cl)c2)c2ccccc12. The lowest BCUT2D eigenvalue weighted by Crippen LogP contribution is -2.02. The van der Waals surface area contributed by atoms with Gasteiger partial charge in [0.25, 0.3) is 0 Å². The fraction of sp³-hybridized carbons (Fsp3) is 0.0714. The topological polar surface area (TPSA) is 54.5 Å². The Hall–Kier alpha value is -2.38. The molecular weight excluding hydrogens is 260 g/mol. The highest BCUT2D eigenvalue weighted by Crippen LogP contribution is 2.19. The molecule has 4 nitrogen and oxygen atoms in total. The Bertz CT molecular complexity index is 785. The molecule has 0 amide bonds. The number of fused-ring (bicyclic) bond motifs is 1. The molecule has 3 rings (SSSR count). The lowest BCUT2D eigenvalue weighted by atomic mass is 10.2. The van der Waals surface area contributed by atoms with Gasteiger partial charge in [-0.1, -0.05) is 23.7 Å². The van der Waals surface area contributed by atoms with Crippen LogP contribution in [0.25, 0.3) is 10.9 Å². The average Bonchev–Trinajstić information content (AvgIpc) is 2.77. The van der Waals surface area contributed by atoms with E-state index in [1.54, 1.807) is 17.1 Å². The summed E-state index contributed by atoms with van der Waals surface area (Å²) in [5.41, 5.74) is 2.31. The molecule has 2 heterocycles. The zero-order chi connectivity index (χ0) is 13.2. The Morgan fingerprint density at radius 3 is 2.89 bits per heavy atom. The summed E-state index contributed by atoms with van der Waals surface area (Å²) < 4.78 is 1.79. The molecule has 0 bridgehead atoms. The van der Waals surface area contributed by atoms with Crippen molar-refractivity contribution in [3.05, 3.63) is 59.0 Å². The van der Waals surface area contributed by atoms with Gasteiger partial charge in [-0.25, -0.2) is 0 Å². The zero-order valence-corrected chi connectivity index (χ0v) is 10.7. The molecule has 0 aliphatic carbocycles. The molecule has 0 atom stereocenters. The Kier molecular flexibility index (Phi) is 2.90. The van der Waals surface area contributed by atoms with E-state index in [9.17, 15) is 0 Å². The van der Waals surface area contributed by atoms with Crippen LogP contribution in [0.15, 0.2) is 42.7 Å². The molecule has 2 aromatic heterocycles. The summed E-state index contributed by atoms with van der Waals surface area (Å²) in [6.45, 7) is 0.537. The smallest absolute Gasteiger partial charge is 0.170 e. The van der Waals surface area contributed by atoms with Gasteiger partial charge in [-0.15, -0.1) is 0 Å². The summed E-state index contributed by atoms with van der Waals surface area (Å²) in [4.78, 5) is 4.05. The summed E-state index contributed by atoms with van der Waals surface area (Å²) in [7, 11) is 0. The second kappa shape index (κ2) is 4.71. The van der Waals surface area contributed by atoms with E-state index in [4.69, 9.17) is 16.9 Å². The van der Waals surface area contributed by atoms with Crippen LogP contribution in [0.2, 0.25) is 5.02 Å². The fourth-order valence-corrected chi connectivity index (χ4v) is 2.24. The van der Waals surface area contributed by atoms with Crippen molar-refractivity contribution in [1.82, 2.24) is 14.8 Å². The monoisotopic (exact) mass is 268 g/mol. The highest BCUT2D eigenvalue weighted by molar-refractivity contribution is 6.30. The Morgan fingerprint density at radius 2 is 2.11 bits per heavy atom. The first-order valence-corrected chi connectivity index (χ1v) is 6.11. The van der Waals surface area contributed by atoms with Gasteiger partial charge in [-0.3, -0.25) is 9.67 Å². The highest BCUT2D eigenvalue weighted by Gasteiger charge is 2.09. The number of nitrogens with zero attached hydrogens (tertiary/aromatic N) is 4. The van der Waals surface area contributed by atoms with Crippen molar-refractivity contribution < 1.29 is 0 Å². The van der Waals surface area contributed by atoms with E-state index in [0.29, 0.717) is 17.3 Å². The lowest BCUT2D eigenvalue weighted by Gasteiger charge is -2.03. The Morgan fingerprint density at radius 1 is 1.26 bits per heavy atom. The molecule has 0 saturated heterocycles. The molecule has 0 unspecified atom stereocenters. The summed E-state index contributed by atoms with van der Waals surface area (Å²) >= 11 is 5.92. The van der Waals surface area contributed by atoms with Crippen LogP contribution in [0.5, 0.6) is 0 Å². The van der Waals surface area contributed by atoms with Gasteiger partial charge in [0.1, 0.15) is 6.07 Å². The highest BCUT2D eigenvalue weighted by atomic mass is 35.5. The molecule has 5 heteroatoms. The third kappa shape index (κ3) is 2.16. The largest absolute Gasteiger partial charge is 0.263 e. The summed E-state index contributed by atoms with van der Waals surface area (Å²) in [6, 6.07) is 11.6. The van der Waals surface area contributed by atoms with Gasteiger partial charge in [0.05, 0.1) is 17.1 Å². The number of nitriles is 1. The normalized spacial score (nSPS) is 10.5. The van der Waals surface area contributed by atoms with Gasteiger partial charge in [0.15, 0.2) is 5.69 Å². The van der Waals surface area contributed by atoms with E-state index >= 15 is 0 Å². The standard InChI is InChI=1S/C14H9ClN4/c15-11-5-10(7-17-8-11)9-19-14-4-2-1-3-12(14)13(6-16)18-19/h1-5,7-8H,9H2. The second-order valence-corrected chi connectivity index (χ2v) is 4.58. The Labute approximate surface area is 114 Å². The fourth-order valence-electron chi connectivity index (χ4n) is 2.05. The molecule has 0 aliphatic rings. The first-order chi connectivity index (χ1) is 9.28. The molecule has 0 spiro atoms. The number of aromatic nitrogens is 3. The van der Waals surface area contributed by atoms with Crippen LogP contribution in [0.4, 0.5) is 0 Å². The van der Waals surface area contributed by atoms with E-state index in [0.717, 1.165) is 16.5 Å². The van der Waals surface area contributed by atoms with Crippen LogP contribution in [0.1, 0.15) is 11.3 Å². The van der Waals surface area contributed by atoms with Gasteiger partial charge in [-0.05, 0) is 23.8 Å². The summed E-state index contributed by atoms with van der Waals surface area (Å²) in [6.07, 6.45) is 3.33. The first-order valence-electron chi connectivity index (χ1n) is 5.73. The summed E-state index contributed by atoms with van der Waals surface area (Å²) in [5.74, 6) is 0. The third-order valence-corrected chi connectivity index (χ3v) is 3.06. The molecule has 0 radical (unpaired) electrons. The van der Waals surface area contributed by atoms with Crippen molar-refractivity contribution in [2.75, 3.05) is 0 Å². The van der Waals surface area contributed by atoms with E-state index in [1.165, 1.54) is 0 Å². The van der Waals surface area contributed by atoms with Crippen molar-refractivity contribution in [3.8, 4) is 6.07 Å². The maximum Gasteiger partial charge on any atom is 0.170 e. The van der Waals surface area contributed by atoms with Gasteiger partial charge >= 0.3 is 0 Å². The number of rotatable bonds is 2. The summed E-state index contributed by atoms with van der Waals surface area (Å²) in [5, 5.41) is 14.9. The molecule has 0 aliphatic heterocycles. The molecule has 92 valence electrons. The predicted molar refractivity (Wildman–Crippen MR) is 72.8 cm³/mol. The quantitative estimate of drug-likeness (QED) is 0.718. The number of benzene rings is 1.